The van der Waals surface area contributed by atoms with Crippen LogP contribution in [0, 0.1) is 5.41 Å². The molecule has 1 saturated heterocycles. The van der Waals surface area contributed by atoms with Crippen LogP contribution in [0.1, 0.15) is 117 Å². The number of aromatic nitrogens is 4. The first-order valence-corrected chi connectivity index (χ1v) is 27.3. The summed E-state index contributed by atoms with van der Waals surface area (Å²) in [6.45, 7) is 2.78. The minimum atomic E-state index is -5.57. The molecule has 3 heterocycles. The zero-order valence-corrected chi connectivity index (χ0v) is 40.9. The largest absolute Gasteiger partial charge is 0.481 e. The lowest BCUT2D eigenvalue weighted by Crippen LogP contribution is -2.46. The van der Waals surface area contributed by atoms with Crippen LogP contribution in [0.3, 0.4) is 0 Å². The molecule has 0 bridgehead atoms. The second kappa shape index (κ2) is 28.1. The number of thioether (sulfide) groups is 1. The molecule has 2 aromatic heterocycles. The van der Waals surface area contributed by atoms with Gasteiger partial charge in [0, 0.05) is 37.1 Å². The molecule has 10 N–H and O–H groups in total. The van der Waals surface area contributed by atoms with Gasteiger partial charge in [0.2, 0.25) is 11.8 Å². The van der Waals surface area contributed by atoms with Crippen molar-refractivity contribution in [3.05, 3.63) is 24.8 Å². The van der Waals surface area contributed by atoms with Crippen LogP contribution in [0.4, 0.5) is 5.82 Å². The van der Waals surface area contributed by atoms with Gasteiger partial charge >= 0.3 is 23.5 Å². The van der Waals surface area contributed by atoms with Gasteiger partial charge in [-0.15, -0.1) is 0 Å². The zero-order chi connectivity index (χ0) is 49.0. The quantitative estimate of drug-likeness (QED) is 0.0273. The van der Waals surface area contributed by atoms with E-state index in [9.17, 15) is 57.9 Å². The van der Waals surface area contributed by atoms with Crippen LogP contribution in [0.25, 0.3) is 11.2 Å². The van der Waals surface area contributed by atoms with Gasteiger partial charge in [0.15, 0.2) is 22.8 Å². The maximum atomic E-state index is 12.7. The summed E-state index contributed by atoms with van der Waals surface area (Å²) >= 11 is 1.15. The van der Waals surface area contributed by atoms with Crippen LogP contribution in [-0.2, 0) is 50.7 Å². The standard InChI is InChI=1S/C38H66N7O17P3S/c1-4-5-6-7-8-9-10-11-12-13-14-15-16-17-18-29(47)66-22-21-40-28(46)19-20-41-36(50)33(49)38(2,3)24-59-65(56,57)62-64(54,55)58-23-27-32(61-63(51,52)53)31(48)37(60-27)45-26-44-30-34(39)42-25-43-35(30)45/h10-11,25-27,31-33,37,48-49H,4-9,12-24H2,1-3H3,(H,40,46)(H,41,50)(H,54,55)(H,56,57)(H2,39,42,43)(H2,51,52,53)/b11-10+. The maximum absolute atomic E-state index is 12.7. The van der Waals surface area contributed by atoms with Crippen molar-refractivity contribution in [1.29, 1.82) is 0 Å². The van der Waals surface area contributed by atoms with Crippen molar-refractivity contribution in [2.24, 2.45) is 5.41 Å². The fraction of sp³-hybridized carbons (Fsp3) is 0.737. The Balaban J connectivity index is 1.32. The average Bonchev–Trinajstić information content (AvgIpc) is 3.80. The van der Waals surface area contributed by atoms with E-state index in [1.807, 2.05) is 0 Å². The molecule has 28 heteroatoms. The van der Waals surface area contributed by atoms with E-state index in [1.54, 1.807) is 0 Å². The number of nitrogens with one attached hydrogen (secondary N) is 2. The number of hydrogen-bond donors (Lipinski definition) is 9. The van der Waals surface area contributed by atoms with Crippen molar-refractivity contribution in [2.75, 3.05) is 37.8 Å². The molecule has 376 valence electrons. The number of nitrogens with zero attached hydrogens (tertiary/aromatic N) is 4. The number of phosphoric acid groups is 3. The number of fused-ring (bicyclic) bond motifs is 1. The lowest BCUT2D eigenvalue weighted by Gasteiger charge is -2.30. The highest BCUT2D eigenvalue weighted by molar-refractivity contribution is 8.13. The normalized spacial score (nSPS) is 20.3. The molecule has 2 aromatic rings. The number of unbranched alkanes of at least 4 members (excludes halogenated alkanes) is 10. The van der Waals surface area contributed by atoms with Crippen LogP contribution >= 0.6 is 35.2 Å². The summed E-state index contributed by atoms with van der Waals surface area (Å²) in [6.07, 6.45) is 12.1. The third-order valence-corrected chi connectivity index (χ3v) is 14.2. The number of phosphoric ester groups is 3. The maximum Gasteiger partial charge on any atom is 0.481 e. The number of carbonyl (C=O) groups excluding carboxylic acids is 3. The zero-order valence-electron chi connectivity index (χ0n) is 37.4. The molecule has 66 heavy (non-hydrogen) atoms. The average molecular weight is 1020 g/mol. The Kier molecular flexibility index (Phi) is 24.5. The molecule has 1 aliphatic heterocycles. The number of aliphatic hydroxyl groups is 2. The molecule has 3 rings (SSSR count). The number of ether oxygens (including phenoxy) is 1. The first-order chi connectivity index (χ1) is 31.1. The number of anilines is 1. The van der Waals surface area contributed by atoms with Crippen molar-refractivity contribution < 1.29 is 80.5 Å². The Morgan fingerprint density at radius 2 is 1.55 bits per heavy atom. The van der Waals surface area contributed by atoms with Crippen LogP contribution < -0.4 is 16.4 Å². The van der Waals surface area contributed by atoms with E-state index in [-0.39, 0.29) is 41.6 Å². The van der Waals surface area contributed by atoms with Crippen molar-refractivity contribution in [3.8, 4) is 0 Å². The molecule has 24 nitrogen and oxygen atoms in total. The van der Waals surface area contributed by atoms with Gasteiger partial charge in [-0.3, -0.25) is 32.5 Å². The third-order valence-electron chi connectivity index (χ3n) is 10.2. The number of nitrogen functional groups attached to an aromatic ring is 1. The molecule has 1 aliphatic rings. The number of imidazole rings is 1. The van der Waals surface area contributed by atoms with E-state index in [1.165, 1.54) is 46.0 Å². The summed E-state index contributed by atoms with van der Waals surface area (Å²) < 4.78 is 62.4. The SMILES string of the molecule is CCCCCCC/C=C/CCCCCCCC(=O)SCCNC(=O)CCNC(=O)C(O)C(C)(C)COP(=O)(O)OP(=O)(O)OCC1OC(n2cnc3c(N)ncnc32)C(O)C1OP(=O)(O)O. The van der Waals surface area contributed by atoms with Gasteiger partial charge in [0.05, 0.1) is 19.5 Å². The summed E-state index contributed by atoms with van der Waals surface area (Å²) in [5.74, 6) is -1.03. The molecular weight excluding hydrogens is 951 g/mol. The Morgan fingerprint density at radius 1 is 0.909 bits per heavy atom. The number of rotatable bonds is 33. The van der Waals surface area contributed by atoms with Crippen molar-refractivity contribution >= 4 is 69.1 Å². The number of nitrogens with two attached hydrogens (primary N) is 1. The number of carbonyl (C=O) groups is 3. The monoisotopic (exact) mass is 1020 g/mol. The van der Waals surface area contributed by atoms with Crippen molar-refractivity contribution in [3.63, 3.8) is 0 Å². The number of amides is 2. The molecule has 1 fully saturated rings. The Labute approximate surface area is 388 Å². The lowest BCUT2D eigenvalue weighted by atomic mass is 9.87. The minimum Gasteiger partial charge on any atom is -0.386 e. The first kappa shape index (κ1) is 57.6. The predicted molar refractivity (Wildman–Crippen MR) is 242 cm³/mol. The van der Waals surface area contributed by atoms with Gasteiger partial charge in [-0.2, -0.15) is 4.31 Å². The summed E-state index contributed by atoms with van der Waals surface area (Å²) in [7, 11) is -16.4. The molecule has 0 spiro atoms. The molecule has 0 radical (unpaired) electrons. The van der Waals surface area contributed by atoms with Gasteiger partial charge in [-0.1, -0.05) is 89.6 Å². The molecule has 7 unspecified atom stereocenters. The van der Waals surface area contributed by atoms with E-state index >= 15 is 0 Å². The highest BCUT2D eigenvalue weighted by Gasteiger charge is 2.50. The fourth-order valence-corrected chi connectivity index (χ4v) is 10.1. The van der Waals surface area contributed by atoms with Gasteiger partial charge < -0.3 is 50.9 Å². The summed E-state index contributed by atoms with van der Waals surface area (Å²) in [4.78, 5) is 88.3. The third kappa shape index (κ3) is 20.9. The Morgan fingerprint density at radius 3 is 2.21 bits per heavy atom. The van der Waals surface area contributed by atoms with Gasteiger partial charge in [0.25, 0.3) is 0 Å². The molecular formula is C38H66N7O17P3S. The van der Waals surface area contributed by atoms with E-state index in [0.717, 1.165) is 73.9 Å². The summed E-state index contributed by atoms with van der Waals surface area (Å²) in [6, 6.07) is 0. The number of hydrogen-bond acceptors (Lipinski definition) is 18. The minimum absolute atomic E-state index is 0.0329. The molecule has 7 atom stereocenters. The van der Waals surface area contributed by atoms with E-state index in [2.05, 4.69) is 53.5 Å². The van der Waals surface area contributed by atoms with E-state index < -0.39 is 84.6 Å². The van der Waals surface area contributed by atoms with Gasteiger partial charge in [-0.25, -0.2) is 28.6 Å². The summed E-state index contributed by atoms with van der Waals surface area (Å²) in [5.41, 5.74) is 4.28. The second-order valence-electron chi connectivity index (χ2n) is 16.3. The van der Waals surface area contributed by atoms with Crippen molar-refractivity contribution in [2.45, 2.75) is 141 Å². The van der Waals surface area contributed by atoms with Gasteiger partial charge in [-0.05, 0) is 32.1 Å². The highest BCUT2D eigenvalue weighted by Crippen LogP contribution is 2.61. The number of aliphatic hydroxyl groups excluding tert-OH is 2. The molecule has 2 amide bonds. The van der Waals surface area contributed by atoms with Crippen LogP contribution in [-0.4, -0.2) is 123 Å². The van der Waals surface area contributed by atoms with E-state index in [4.69, 9.17) is 19.5 Å². The molecule has 0 saturated carbocycles. The highest BCUT2D eigenvalue weighted by atomic mass is 32.2. The Hall–Kier alpha value is -2.70. The first-order valence-electron chi connectivity index (χ1n) is 21.8. The van der Waals surface area contributed by atoms with E-state index in [0.29, 0.717) is 12.2 Å². The Bertz CT molecular complexity index is 2030. The smallest absolute Gasteiger partial charge is 0.386 e. The second-order valence-corrected chi connectivity index (χ2v) is 21.7. The van der Waals surface area contributed by atoms with Crippen LogP contribution in [0.5, 0.6) is 0 Å². The predicted octanol–water partition coefficient (Wildman–Crippen LogP) is 4.31. The molecule has 0 aromatic carbocycles. The topological polar surface area (TPSA) is 364 Å². The van der Waals surface area contributed by atoms with Crippen LogP contribution in [0.15, 0.2) is 24.8 Å². The van der Waals surface area contributed by atoms with Crippen LogP contribution in [0.2, 0.25) is 0 Å². The fourth-order valence-electron chi connectivity index (χ4n) is 6.53. The lowest BCUT2D eigenvalue weighted by molar-refractivity contribution is -0.137. The van der Waals surface area contributed by atoms with Gasteiger partial charge in [0.1, 0.15) is 36.3 Å². The number of allylic oxidation sites excluding steroid dienone is 2. The summed E-state index contributed by atoms with van der Waals surface area (Å²) in [5, 5.41) is 26.6. The molecule has 0 aliphatic carbocycles. The van der Waals surface area contributed by atoms with Crippen molar-refractivity contribution in [1.82, 2.24) is 30.2 Å².